The average molecular weight is 474 g/mol. The number of alkyl halides is 6. The molecule has 1 saturated carbocycles. The van der Waals surface area contributed by atoms with Crippen LogP contribution in [0.15, 0.2) is 0 Å². The summed E-state index contributed by atoms with van der Waals surface area (Å²) in [6, 6.07) is 0. The fourth-order valence-electron chi connectivity index (χ4n) is 4.25. The van der Waals surface area contributed by atoms with Gasteiger partial charge >= 0.3 is 17.8 Å². The van der Waals surface area contributed by atoms with E-state index in [9.17, 15) is 26.3 Å². The van der Waals surface area contributed by atoms with Crippen molar-refractivity contribution < 1.29 is 26.3 Å². The van der Waals surface area contributed by atoms with Crippen LogP contribution in [-0.4, -0.2) is 42.3 Å². The summed E-state index contributed by atoms with van der Waals surface area (Å²) < 4.78 is 67.1. The van der Waals surface area contributed by atoms with E-state index >= 15 is 0 Å². The van der Waals surface area contributed by atoms with E-state index in [1.54, 1.807) is 0 Å². The zero-order valence-corrected chi connectivity index (χ0v) is 20.1. The summed E-state index contributed by atoms with van der Waals surface area (Å²) in [4.78, 5) is 2.66. The van der Waals surface area contributed by atoms with Crippen LogP contribution in [0.3, 0.4) is 0 Å². The molecule has 1 heterocycles. The second-order valence-electron chi connectivity index (χ2n) is 9.58. The van der Waals surface area contributed by atoms with E-state index in [1.807, 2.05) is 0 Å². The Balaban J connectivity index is 0.000000471. The minimum absolute atomic E-state index is 1.37. The molecule has 0 unspecified atom stereocenters. The quantitative estimate of drug-likeness (QED) is 0.150. The number of halogens is 6. The molecular weight excluding hydrogens is 428 g/mol. The van der Waals surface area contributed by atoms with Gasteiger partial charge in [-0.2, -0.15) is 26.3 Å². The van der Waals surface area contributed by atoms with Crippen LogP contribution in [0.2, 0.25) is 0 Å². The largest absolute Gasteiger partial charge is 0.385 e. The Labute approximate surface area is 191 Å². The third-order valence-corrected chi connectivity index (χ3v) is 6.65. The molecule has 1 aliphatic heterocycles. The first-order valence-corrected chi connectivity index (χ1v) is 13.0. The third-order valence-electron chi connectivity index (χ3n) is 6.65. The molecule has 192 valence electrons. The lowest BCUT2D eigenvalue weighted by atomic mass is 10.0. The van der Waals surface area contributed by atoms with Crippen molar-refractivity contribution in [3.05, 3.63) is 0 Å². The topological polar surface area (TPSA) is 3.24 Å². The molecule has 0 aromatic heterocycles. The van der Waals surface area contributed by atoms with Crippen LogP contribution in [0, 0.1) is 0 Å². The SMILES string of the molecule is CCCCCCCCCCCCCCCCCCN1CCCC1.FC1(F)C(F)(F)C1(F)F. The molecule has 2 fully saturated rings. The van der Waals surface area contributed by atoms with Gasteiger partial charge in [0.05, 0.1) is 0 Å². The minimum Gasteiger partial charge on any atom is -0.303 e. The summed E-state index contributed by atoms with van der Waals surface area (Å²) in [6.45, 7) is 6.42. The summed E-state index contributed by atoms with van der Waals surface area (Å²) in [6.07, 6.45) is 26.4. The van der Waals surface area contributed by atoms with Crippen molar-refractivity contribution in [3.63, 3.8) is 0 Å². The van der Waals surface area contributed by atoms with Crippen LogP contribution in [-0.2, 0) is 0 Å². The van der Waals surface area contributed by atoms with Crippen LogP contribution in [0.4, 0.5) is 26.3 Å². The second kappa shape index (κ2) is 15.4. The van der Waals surface area contributed by atoms with Gasteiger partial charge in [-0.05, 0) is 38.9 Å². The van der Waals surface area contributed by atoms with Crippen LogP contribution in [0.5, 0.6) is 0 Å². The lowest BCUT2D eigenvalue weighted by Crippen LogP contribution is -2.20. The normalized spacial score (nSPS) is 20.7. The smallest absolute Gasteiger partial charge is 0.303 e. The van der Waals surface area contributed by atoms with Crippen molar-refractivity contribution in [2.75, 3.05) is 19.6 Å². The van der Waals surface area contributed by atoms with E-state index in [0.717, 1.165) is 0 Å². The highest BCUT2D eigenvalue weighted by Crippen LogP contribution is 2.68. The molecule has 2 aliphatic rings. The van der Waals surface area contributed by atoms with Crippen molar-refractivity contribution in [2.45, 2.75) is 140 Å². The van der Waals surface area contributed by atoms with Crippen LogP contribution in [0.25, 0.3) is 0 Å². The average Bonchev–Trinajstić information content (AvgIpc) is 3.16. The fourth-order valence-corrected chi connectivity index (χ4v) is 4.25. The van der Waals surface area contributed by atoms with Crippen LogP contribution >= 0.6 is 0 Å². The summed E-state index contributed by atoms with van der Waals surface area (Å²) in [7, 11) is 0. The fraction of sp³-hybridized carbons (Fsp3) is 1.00. The van der Waals surface area contributed by atoms with Crippen molar-refractivity contribution in [1.29, 1.82) is 0 Å². The molecular formula is C25H45F6N. The van der Waals surface area contributed by atoms with Crippen LogP contribution in [0.1, 0.15) is 122 Å². The second-order valence-corrected chi connectivity index (χ2v) is 9.58. The molecule has 0 bridgehead atoms. The molecule has 32 heavy (non-hydrogen) atoms. The maximum Gasteiger partial charge on any atom is 0.385 e. The minimum atomic E-state index is -5.12. The molecule has 0 spiro atoms. The summed E-state index contributed by atoms with van der Waals surface area (Å²) in [5.74, 6) is -15.4. The molecule has 0 aromatic rings. The number of likely N-dealkylation sites (tertiary alicyclic amines) is 1. The Bertz CT molecular complexity index is 423. The summed E-state index contributed by atoms with van der Waals surface area (Å²) >= 11 is 0. The number of hydrogen-bond donors (Lipinski definition) is 0. The highest BCUT2D eigenvalue weighted by Gasteiger charge is 3.01. The lowest BCUT2D eigenvalue weighted by molar-refractivity contribution is -0.0278. The first kappa shape index (κ1) is 29.6. The van der Waals surface area contributed by atoms with Gasteiger partial charge in [0, 0.05) is 0 Å². The molecule has 0 aromatic carbocycles. The molecule has 1 saturated heterocycles. The Hall–Kier alpha value is -0.460. The predicted octanol–water partition coefficient (Wildman–Crippen LogP) is 9.25. The highest BCUT2D eigenvalue weighted by atomic mass is 19.4. The van der Waals surface area contributed by atoms with E-state index in [-0.39, 0.29) is 0 Å². The maximum atomic E-state index is 11.2. The van der Waals surface area contributed by atoms with E-state index in [2.05, 4.69) is 11.8 Å². The summed E-state index contributed by atoms with van der Waals surface area (Å²) in [5, 5.41) is 0. The Morgan fingerprint density at radius 3 is 1.03 bits per heavy atom. The maximum absolute atomic E-state index is 11.2. The Kier molecular flexibility index (Phi) is 14.3. The monoisotopic (exact) mass is 473 g/mol. The zero-order chi connectivity index (χ0) is 23.9. The van der Waals surface area contributed by atoms with Gasteiger partial charge in [0.2, 0.25) is 0 Å². The summed E-state index contributed by atoms with van der Waals surface area (Å²) in [5.41, 5.74) is 0. The molecule has 2 rings (SSSR count). The van der Waals surface area contributed by atoms with Gasteiger partial charge in [0.25, 0.3) is 0 Å². The predicted molar refractivity (Wildman–Crippen MR) is 120 cm³/mol. The molecule has 1 aliphatic carbocycles. The van der Waals surface area contributed by atoms with E-state index in [1.165, 1.54) is 135 Å². The first-order valence-electron chi connectivity index (χ1n) is 13.0. The van der Waals surface area contributed by atoms with E-state index in [0.29, 0.717) is 0 Å². The molecule has 0 N–H and O–H groups in total. The number of nitrogens with zero attached hydrogens (tertiary/aromatic N) is 1. The van der Waals surface area contributed by atoms with Gasteiger partial charge in [0.1, 0.15) is 0 Å². The van der Waals surface area contributed by atoms with Crippen molar-refractivity contribution >= 4 is 0 Å². The van der Waals surface area contributed by atoms with Crippen molar-refractivity contribution in [1.82, 2.24) is 4.90 Å². The molecule has 0 radical (unpaired) electrons. The lowest BCUT2D eigenvalue weighted by Gasteiger charge is -2.13. The van der Waals surface area contributed by atoms with Gasteiger partial charge in [-0.15, -0.1) is 0 Å². The van der Waals surface area contributed by atoms with Gasteiger partial charge in [-0.25, -0.2) is 0 Å². The van der Waals surface area contributed by atoms with E-state index < -0.39 is 17.8 Å². The van der Waals surface area contributed by atoms with Crippen molar-refractivity contribution in [3.8, 4) is 0 Å². The first-order chi connectivity index (χ1) is 15.2. The molecule has 0 atom stereocenters. The number of hydrogen-bond acceptors (Lipinski definition) is 1. The Morgan fingerprint density at radius 2 is 0.750 bits per heavy atom. The van der Waals surface area contributed by atoms with Gasteiger partial charge in [-0.3, -0.25) is 0 Å². The standard InChI is InChI=1S/C22H45N.C3F6/c1-2-3-4-5-6-7-8-9-10-11-12-13-14-15-16-17-20-23-21-18-19-22-23;4-1(5)2(6,7)3(1,8)9/h2-22H2,1H3;. The molecule has 7 heteroatoms. The van der Waals surface area contributed by atoms with E-state index in [4.69, 9.17) is 0 Å². The Morgan fingerprint density at radius 1 is 0.469 bits per heavy atom. The highest BCUT2D eigenvalue weighted by molar-refractivity contribution is 5.22. The third kappa shape index (κ3) is 9.80. The van der Waals surface area contributed by atoms with Gasteiger partial charge in [0.15, 0.2) is 0 Å². The number of rotatable bonds is 17. The van der Waals surface area contributed by atoms with Gasteiger partial charge < -0.3 is 4.90 Å². The zero-order valence-electron chi connectivity index (χ0n) is 20.1. The molecule has 0 amide bonds. The van der Waals surface area contributed by atoms with Crippen LogP contribution < -0.4 is 0 Å². The van der Waals surface area contributed by atoms with Crippen molar-refractivity contribution in [2.24, 2.45) is 0 Å². The molecule has 1 nitrogen and oxygen atoms in total. The van der Waals surface area contributed by atoms with Gasteiger partial charge in [-0.1, -0.05) is 103 Å². The number of unbranched alkanes of at least 4 members (excludes halogenated alkanes) is 15.